The predicted molar refractivity (Wildman–Crippen MR) is 44.0 cm³/mol. The maximum Gasteiger partial charge on any atom is 0.324 e. The fourth-order valence-corrected chi connectivity index (χ4v) is 1.09. The van der Waals surface area contributed by atoms with E-state index in [0.717, 1.165) is 0 Å². The largest absolute Gasteiger partial charge is 0.480 e. The summed E-state index contributed by atoms with van der Waals surface area (Å²) >= 11 is 0. The van der Waals surface area contributed by atoms with Crippen molar-refractivity contribution >= 4 is 5.97 Å². The molecule has 0 bridgehead atoms. The first-order chi connectivity index (χ1) is 6.24. The van der Waals surface area contributed by atoms with Gasteiger partial charge >= 0.3 is 5.97 Å². The quantitative estimate of drug-likeness (QED) is 0.488. The molecule has 0 aliphatic carbocycles. The third-order valence-electron chi connectivity index (χ3n) is 1.83. The van der Waals surface area contributed by atoms with Gasteiger partial charge in [-0.25, -0.2) is 10.4 Å². The molecule has 6 nitrogen and oxygen atoms in total. The number of nitrogens with zero attached hydrogens (tertiary/aromatic N) is 1. The van der Waals surface area contributed by atoms with Gasteiger partial charge in [0.05, 0.1) is 19.8 Å². The van der Waals surface area contributed by atoms with Gasteiger partial charge in [0.1, 0.15) is 6.04 Å². The number of morpholine rings is 1. The molecule has 3 N–H and O–H groups in total. The summed E-state index contributed by atoms with van der Waals surface area (Å²) in [5.74, 6) is -1.05. The van der Waals surface area contributed by atoms with Gasteiger partial charge in [-0.3, -0.25) is 4.79 Å². The lowest BCUT2D eigenvalue weighted by molar-refractivity contribution is -0.143. The molecule has 0 amide bonds. The van der Waals surface area contributed by atoms with Crippen LogP contribution in [0.2, 0.25) is 0 Å². The first-order valence-corrected chi connectivity index (χ1v) is 4.16. The third-order valence-corrected chi connectivity index (χ3v) is 1.83. The van der Waals surface area contributed by atoms with Gasteiger partial charge in [0.15, 0.2) is 0 Å². The lowest BCUT2D eigenvalue weighted by Gasteiger charge is -2.29. The number of carboxylic acids is 1. The van der Waals surface area contributed by atoms with E-state index < -0.39 is 18.6 Å². The molecule has 6 heteroatoms. The third kappa shape index (κ3) is 3.27. The number of carbonyl (C=O) groups is 1. The highest BCUT2D eigenvalue weighted by Crippen LogP contribution is 1.94. The average Bonchev–Trinajstić information content (AvgIpc) is 2.15. The Hall–Kier alpha value is -0.690. The fourth-order valence-electron chi connectivity index (χ4n) is 1.09. The molecule has 76 valence electrons. The molecule has 0 aromatic heterocycles. The monoisotopic (exact) mass is 190 g/mol. The van der Waals surface area contributed by atoms with E-state index in [9.17, 15) is 4.79 Å². The Morgan fingerprint density at radius 1 is 1.54 bits per heavy atom. The van der Waals surface area contributed by atoms with Crippen molar-refractivity contribution in [1.29, 1.82) is 0 Å². The topological polar surface area (TPSA) is 82.0 Å². The zero-order valence-corrected chi connectivity index (χ0v) is 7.27. The van der Waals surface area contributed by atoms with Crippen LogP contribution in [0.4, 0.5) is 0 Å². The fraction of sp³-hybridized carbons (Fsp3) is 0.857. The predicted octanol–water partition coefficient (Wildman–Crippen LogP) is -1.73. The number of nitrogens with one attached hydrogen (secondary N) is 1. The number of hydrazine groups is 1. The number of hydrogen-bond donors (Lipinski definition) is 3. The highest BCUT2D eigenvalue weighted by Gasteiger charge is 2.20. The van der Waals surface area contributed by atoms with Crippen molar-refractivity contribution in [1.82, 2.24) is 10.4 Å². The lowest BCUT2D eigenvalue weighted by atomic mass is 10.3. The van der Waals surface area contributed by atoms with E-state index in [-0.39, 0.29) is 0 Å². The highest BCUT2D eigenvalue weighted by molar-refractivity contribution is 5.73. The van der Waals surface area contributed by atoms with Gasteiger partial charge in [0, 0.05) is 13.1 Å². The summed E-state index contributed by atoms with van der Waals surface area (Å²) in [6.45, 7) is 2.05. The maximum atomic E-state index is 10.5. The molecular formula is C7H14N2O4. The Kier molecular flexibility index (Phi) is 4.10. The Balaban J connectivity index is 2.31. The van der Waals surface area contributed by atoms with Gasteiger partial charge in [0.2, 0.25) is 0 Å². The molecule has 13 heavy (non-hydrogen) atoms. The van der Waals surface area contributed by atoms with E-state index in [1.807, 2.05) is 0 Å². The number of ether oxygens (including phenoxy) is 1. The van der Waals surface area contributed by atoms with E-state index in [0.29, 0.717) is 26.3 Å². The molecule has 1 fully saturated rings. The maximum absolute atomic E-state index is 10.5. The Labute approximate surface area is 76.1 Å². The smallest absolute Gasteiger partial charge is 0.324 e. The second-order valence-corrected chi connectivity index (χ2v) is 2.80. The summed E-state index contributed by atoms with van der Waals surface area (Å²) in [4.78, 5) is 10.5. The number of hydrogen-bond acceptors (Lipinski definition) is 5. The van der Waals surface area contributed by atoms with E-state index in [1.54, 1.807) is 5.01 Å². The Morgan fingerprint density at radius 2 is 2.15 bits per heavy atom. The first kappa shape index (κ1) is 10.4. The highest BCUT2D eigenvalue weighted by atomic mass is 16.5. The van der Waals surface area contributed by atoms with Crippen molar-refractivity contribution in [3.63, 3.8) is 0 Å². The minimum atomic E-state index is -1.05. The zero-order valence-electron chi connectivity index (χ0n) is 7.27. The summed E-state index contributed by atoms with van der Waals surface area (Å²) in [5.41, 5.74) is 2.71. The summed E-state index contributed by atoms with van der Waals surface area (Å²) in [5, 5.41) is 19.1. The van der Waals surface area contributed by atoms with Gasteiger partial charge in [-0.1, -0.05) is 0 Å². The SMILES string of the molecule is O=C(O)[C@H](CO)NN1CCOCC1. The van der Waals surface area contributed by atoms with Crippen molar-refractivity contribution in [2.24, 2.45) is 0 Å². The van der Waals surface area contributed by atoms with Gasteiger partial charge in [-0.2, -0.15) is 0 Å². The molecule has 1 rings (SSSR count). The molecule has 0 unspecified atom stereocenters. The van der Waals surface area contributed by atoms with Crippen LogP contribution in [-0.2, 0) is 9.53 Å². The average molecular weight is 190 g/mol. The first-order valence-electron chi connectivity index (χ1n) is 4.16. The van der Waals surface area contributed by atoms with Crippen molar-refractivity contribution < 1.29 is 19.7 Å². The second kappa shape index (κ2) is 5.13. The lowest BCUT2D eigenvalue weighted by Crippen LogP contribution is -2.53. The normalized spacial score (nSPS) is 21.3. The number of aliphatic carboxylic acids is 1. The van der Waals surface area contributed by atoms with Crippen molar-refractivity contribution in [2.45, 2.75) is 6.04 Å². The minimum Gasteiger partial charge on any atom is -0.480 e. The second-order valence-electron chi connectivity index (χ2n) is 2.80. The molecule has 1 atom stereocenters. The van der Waals surface area contributed by atoms with Gasteiger partial charge in [-0.15, -0.1) is 0 Å². The van der Waals surface area contributed by atoms with E-state index in [2.05, 4.69) is 5.43 Å². The van der Waals surface area contributed by atoms with Crippen LogP contribution in [0.3, 0.4) is 0 Å². The molecule has 0 radical (unpaired) electrons. The van der Waals surface area contributed by atoms with Crippen molar-refractivity contribution in [2.75, 3.05) is 32.9 Å². The molecule has 1 aliphatic rings. The number of aliphatic hydroxyl groups is 1. The van der Waals surface area contributed by atoms with E-state index in [4.69, 9.17) is 14.9 Å². The van der Waals surface area contributed by atoms with Crippen LogP contribution in [0.25, 0.3) is 0 Å². The summed E-state index contributed by atoms with van der Waals surface area (Å²) < 4.78 is 5.08. The molecule has 0 spiro atoms. The van der Waals surface area contributed by atoms with Crippen LogP contribution in [0.1, 0.15) is 0 Å². The molecule has 0 aromatic carbocycles. The summed E-state index contributed by atoms with van der Waals surface area (Å²) in [7, 11) is 0. The molecule has 1 aliphatic heterocycles. The van der Waals surface area contributed by atoms with Crippen LogP contribution in [0.5, 0.6) is 0 Å². The molecule has 1 saturated heterocycles. The standard InChI is InChI=1S/C7H14N2O4/c10-5-6(7(11)12)8-9-1-3-13-4-2-9/h6,8,10H,1-5H2,(H,11,12)/t6-/m0/s1. The van der Waals surface area contributed by atoms with Crippen molar-refractivity contribution in [3.05, 3.63) is 0 Å². The summed E-state index contributed by atoms with van der Waals surface area (Å²) in [6.07, 6.45) is 0. The Morgan fingerprint density at radius 3 is 2.62 bits per heavy atom. The van der Waals surface area contributed by atoms with Crippen LogP contribution in [-0.4, -0.2) is 60.1 Å². The van der Waals surface area contributed by atoms with Crippen LogP contribution in [0, 0.1) is 0 Å². The number of aliphatic hydroxyl groups excluding tert-OH is 1. The Bertz CT molecular complexity index is 170. The number of carboxylic acid groups (broad SMARTS) is 1. The molecule has 0 aromatic rings. The van der Waals surface area contributed by atoms with E-state index >= 15 is 0 Å². The number of rotatable bonds is 4. The minimum absolute atomic E-state index is 0.410. The van der Waals surface area contributed by atoms with Crippen LogP contribution in [0.15, 0.2) is 0 Å². The van der Waals surface area contributed by atoms with Crippen LogP contribution >= 0.6 is 0 Å². The molecule has 0 saturated carbocycles. The van der Waals surface area contributed by atoms with Gasteiger partial charge < -0.3 is 14.9 Å². The zero-order chi connectivity index (χ0) is 9.68. The van der Waals surface area contributed by atoms with Gasteiger partial charge in [-0.05, 0) is 0 Å². The summed E-state index contributed by atoms with van der Waals surface area (Å²) in [6, 6.07) is -0.918. The van der Waals surface area contributed by atoms with E-state index in [1.165, 1.54) is 0 Å². The van der Waals surface area contributed by atoms with Crippen LogP contribution < -0.4 is 5.43 Å². The van der Waals surface area contributed by atoms with Crippen molar-refractivity contribution in [3.8, 4) is 0 Å². The molecular weight excluding hydrogens is 176 g/mol. The molecule has 1 heterocycles. The van der Waals surface area contributed by atoms with Gasteiger partial charge in [0.25, 0.3) is 0 Å².